The molecule has 1 aromatic carbocycles. The SMILES string of the molecule is CCCCCCCCc1ccccc1OCCC(=O)O. The molecule has 0 aliphatic rings. The summed E-state index contributed by atoms with van der Waals surface area (Å²) in [6, 6.07) is 7.94. The van der Waals surface area contributed by atoms with Crippen LogP contribution in [-0.4, -0.2) is 17.7 Å². The van der Waals surface area contributed by atoms with Gasteiger partial charge in [0.25, 0.3) is 0 Å². The zero-order chi connectivity index (χ0) is 14.6. The Morgan fingerprint density at radius 3 is 2.55 bits per heavy atom. The fourth-order valence-electron chi connectivity index (χ4n) is 2.20. The van der Waals surface area contributed by atoms with Gasteiger partial charge in [0.1, 0.15) is 5.75 Å². The molecular formula is C17H26O3. The summed E-state index contributed by atoms with van der Waals surface area (Å²) in [6.07, 6.45) is 8.71. The van der Waals surface area contributed by atoms with Gasteiger partial charge in [-0.25, -0.2) is 0 Å². The topological polar surface area (TPSA) is 46.5 Å². The molecule has 112 valence electrons. The minimum atomic E-state index is -0.821. The normalized spacial score (nSPS) is 10.4. The standard InChI is InChI=1S/C17H26O3/c1-2-3-4-5-6-7-10-15-11-8-9-12-16(15)20-14-13-17(18)19/h8-9,11-12H,2-7,10,13-14H2,1H3,(H,18,19). The Bertz CT molecular complexity index is 388. The Morgan fingerprint density at radius 2 is 1.80 bits per heavy atom. The molecule has 0 aliphatic carbocycles. The summed E-state index contributed by atoms with van der Waals surface area (Å²) in [5, 5.41) is 8.62. The Kier molecular flexibility index (Phi) is 8.52. The second kappa shape index (κ2) is 10.3. The van der Waals surface area contributed by atoms with Gasteiger partial charge in [0.05, 0.1) is 13.0 Å². The summed E-state index contributed by atoms with van der Waals surface area (Å²) < 4.78 is 5.56. The number of carboxylic acid groups (broad SMARTS) is 1. The van der Waals surface area contributed by atoms with Crippen molar-refractivity contribution < 1.29 is 14.6 Å². The lowest BCUT2D eigenvalue weighted by molar-refractivity contribution is -0.137. The van der Waals surface area contributed by atoms with E-state index in [1.54, 1.807) is 0 Å². The van der Waals surface area contributed by atoms with Crippen molar-refractivity contribution in [3.8, 4) is 5.75 Å². The average Bonchev–Trinajstić information content (AvgIpc) is 2.44. The van der Waals surface area contributed by atoms with Crippen LogP contribution in [0.3, 0.4) is 0 Å². The summed E-state index contributed by atoms with van der Waals surface area (Å²) >= 11 is 0. The van der Waals surface area contributed by atoms with E-state index in [0.29, 0.717) is 0 Å². The van der Waals surface area contributed by atoms with Crippen molar-refractivity contribution in [2.24, 2.45) is 0 Å². The lowest BCUT2D eigenvalue weighted by Crippen LogP contribution is -2.06. The van der Waals surface area contributed by atoms with Crippen molar-refractivity contribution in [3.63, 3.8) is 0 Å². The van der Waals surface area contributed by atoms with Gasteiger partial charge in [0.2, 0.25) is 0 Å². The van der Waals surface area contributed by atoms with Gasteiger partial charge in [-0.2, -0.15) is 0 Å². The van der Waals surface area contributed by atoms with Gasteiger partial charge >= 0.3 is 5.97 Å². The third kappa shape index (κ3) is 7.17. The first-order valence-electron chi connectivity index (χ1n) is 7.66. The van der Waals surface area contributed by atoms with Crippen LogP contribution in [-0.2, 0) is 11.2 Å². The Morgan fingerprint density at radius 1 is 1.10 bits per heavy atom. The number of ether oxygens (including phenoxy) is 1. The van der Waals surface area contributed by atoms with Gasteiger partial charge in [-0.15, -0.1) is 0 Å². The molecule has 0 fully saturated rings. The Labute approximate surface area is 122 Å². The van der Waals surface area contributed by atoms with Crippen LogP contribution >= 0.6 is 0 Å². The Balaban J connectivity index is 2.31. The van der Waals surface area contributed by atoms with Crippen molar-refractivity contribution in [2.75, 3.05) is 6.61 Å². The maximum atomic E-state index is 10.5. The predicted molar refractivity (Wildman–Crippen MR) is 81.3 cm³/mol. The summed E-state index contributed by atoms with van der Waals surface area (Å²) in [4.78, 5) is 10.5. The zero-order valence-electron chi connectivity index (χ0n) is 12.4. The van der Waals surface area contributed by atoms with Gasteiger partial charge < -0.3 is 9.84 Å². The van der Waals surface area contributed by atoms with Crippen molar-refractivity contribution >= 4 is 5.97 Å². The van der Waals surface area contributed by atoms with Gasteiger partial charge in [0.15, 0.2) is 0 Å². The quantitative estimate of drug-likeness (QED) is 0.608. The lowest BCUT2D eigenvalue weighted by Gasteiger charge is -2.10. The first-order chi connectivity index (χ1) is 9.74. The molecule has 0 bridgehead atoms. The first-order valence-corrected chi connectivity index (χ1v) is 7.66. The lowest BCUT2D eigenvalue weighted by atomic mass is 10.0. The van der Waals surface area contributed by atoms with Crippen LogP contribution in [0.15, 0.2) is 24.3 Å². The smallest absolute Gasteiger partial charge is 0.306 e. The number of aryl methyl sites for hydroxylation is 1. The molecular weight excluding hydrogens is 252 g/mol. The van der Waals surface area contributed by atoms with Crippen LogP contribution in [0.25, 0.3) is 0 Å². The fourth-order valence-corrected chi connectivity index (χ4v) is 2.20. The molecule has 0 atom stereocenters. The number of aliphatic carboxylic acids is 1. The van der Waals surface area contributed by atoms with E-state index in [1.165, 1.54) is 44.1 Å². The number of hydrogen-bond acceptors (Lipinski definition) is 2. The molecule has 3 heteroatoms. The highest BCUT2D eigenvalue weighted by Crippen LogP contribution is 2.21. The fraction of sp³-hybridized carbons (Fsp3) is 0.588. The molecule has 0 aliphatic heterocycles. The van der Waals surface area contributed by atoms with E-state index in [0.717, 1.165) is 12.2 Å². The second-order valence-electron chi connectivity index (χ2n) is 5.12. The number of rotatable bonds is 11. The van der Waals surface area contributed by atoms with Gasteiger partial charge in [-0.3, -0.25) is 4.79 Å². The van der Waals surface area contributed by atoms with Crippen molar-refractivity contribution in [1.29, 1.82) is 0 Å². The molecule has 0 spiro atoms. The van der Waals surface area contributed by atoms with E-state index in [9.17, 15) is 4.79 Å². The van der Waals surface area contributed by atoms with Crippen LogP contribution in [0.4, 0.5) is 0 Å². The van der Waals surface area contributed by atoms with Crippen LogP contribution in [0, 0.1) is 0 Å². The molecule has 0 amide bonds. The summed E-state index contributed by atoms with van der Waals surface area (Å²) in [5.41, 5.74) is 1.19. The minimum absolute atomic E-state index is 0.0470. The first kappa shape index (κ1) is 16.5. The monoisotopic (exact) mass is 278 g/mol. The van der Waals surface area contributed by atoms with Crippen LogP contribution in [0.2, 0.25) is 0 Å². The summed E-state index contributed by atoms with van der Waals surface area (Å²) in [5.74, 6) is 0.0145. The maximum absolute atomic E-state index is 10.5. The molecule has 1 rings (SSSR count). The molecule has 20 heavy (non-hydrogen) atoms. The number of para-hydroxylation sites is 1. The highest BCUT2D eigenvalue weighted by atomic mass is 16.5. The largest absolute Gasteiger partial charge is 0.493 e. The predicted octanol–water partition coefficient (Wildman–Crippen LogP) is 4.44. The van der Waals surface area contributed by atoms with Gasteiger partial charge in [0, 0.05) is 0 Å². The number of unbranched alkanes of at least 4 members (excludes halogenated alkanes) is 5. The van der Waals surface area contributed by atoms with E-state index in [-0.39, 0.29) is 13.0 Å². The van der Waals surface area contributed by atoms with Crippen molar-refractivity contribution in [2.45, 2.75) is 58.3 Å². The third-order valence-electron chi connectivity index (χ3n) is 3.35. The summed E-state index contributed by atoms with van der Waals surface area (Å²) in [6.45, 7) is 2.47. The molecule has 1 N–H and O–H groups in total. The van der Waals surface area contributed by atoms with E-state index in [4.69, 9.17) is 9.84 Å². The van der Waals surface area contributed by atoms with E-state index in [1.807, 2.05) is 18.2 Å². The maximum Gasteiger partial charge on any atom is 0.306 e. The van der Waals surface area contributed by atoms with Crippen LogP contribution < -0.4 is 4.74 Å². The number of benzene rings is 1. The van der Waals surface area contributed by atoms with E-state index < -0.39 is 5.97 Å². The van der Waals surface area contributed by atoms with E-state index >= 15 is 0 Å². The number of hydrogen-bond donors (Lipinski definition) is 1. The van der Waals surface area contributed by atoms with Gasteiger partial charge in [-0.05, 0) is 24.5 Å². The molecule has 0 saturated carbocycles. The van der Waals surface area contributed by atoms with Crippen LogP contribution in [0.1, 0.15) is 57.4 Å². The zero-order valence-corrected chi connectivity index (χ0v) is 12.4. The number of carbonyl (C=O) groups is 1. The average molecular weight is 278 g/mol. The summed E-state index contributed by atoms with van der Waals surface area (Å²) in [7, 11) is 0. The number of carboxylic acids is 1. The second-order valence-corrected chi connectivity index (χ2v) is 5.12. The Hall–Kier alpha value is -1.51. The highest BCUT2D eigenvalue weighted by Gasteiger charge is 2.04. The van der Waals surface area contributed by atoms with Crippen LogP contribution in [0.5, 0.6) is 5.75 Å². The van der Waals surface area contributed by atoms with Crippen molar-refractivity contribution in [1.82, 2.24) is 0 Å². The molecule has 0 unspecified atom stereocenters. The minimum Gasteiger partial charge on any atom is -0.493 e. The molecule has 1 aromatic rings. The molecule has 0 aromatic heterocycles. The van der Waals surface area contributed by atoms with E-state index in [2.05, 4.69) is 13.0 Å². The third-order valence-corrected chi connectivity index (χ3v) is 3.35. The molecule has 3 nitrogen and oxygen atoms in total. The molecule has 0 saturated heterocycles. The van der Waals surface area contributed by atoms with Gasteiger partial charge in [-0.1, -0.05) is 57.2 Å². The molecule has 0 heterocycles. The van der Waals surface area contributed by atoms with Crippen molar-refractivity contribution in [3.05, 3.63) is 29.8 Å². The molecule has 0 radical (unpaired) electrons. The highest BCUT2D eigenvalue weighted by molar-refractivity contribution is 5.66.